The van der Waals surface area contributed by atoms with E-state index in [1.54, 1.807) is 0 Å². The molecule has 0 radical (unpaired) electrons. The minimum absolute atomic E-state index is 0.0101. The maximum Gasteiger partial charge on any atom is 0.149 e. The third-order valence-electron chi connectivity index (χ3n) is 2.78. The number of rotatable bonds is 5. The first kappa shape index (κ1) is 12.7. The van der Waals surface area contributed by atoms with Crippen molar-refractivity contribution in [3.8, 4) is 0 Å². The number of hydrogen-bond acceptors (Lipinski definition) is 4. The molecule has 0 aliphatic heterocycles. The average molecular weight is 245 g/mol. The molecule has 5 nitrogen and oxygen atoms in total. The summed E-state index contributed by atoms with van der Waals surface area (Å²) in [4.78, 5) is 8.80. The molecule has 0 bridgehead atoms. The molecule has 0 spiro atoms. The predicted molar refractivity (Wildman–Crippen MR) is 70.2 cm³/mol. The number of nitrogens with one attached hydrogen (secondary N) is 1. The van der Waals surface area contributed by atoms with E-state index in [4.69, 9.17) is 0 Å². The van der Waals surface area contributed by atoms with Gasteiger partial charge >= 0.3 is 0 Å². The van der Waals surface area contributed by atoms with Gasteiger partial charge in [-0.05, 0) is 26.0 Å². The summed E-state index contributed by atoms with van der Waals surface area (Å²) in [7, 11) is 0. The van der Waals surface area contributed by atoms with Gasteiger partial charge in [-0.3, -0.25) is 4.68 Å². The number of aromatic nitrogens is 4. The molecule has 1 N–H and O–H groups in total. The molecule has 0 saturated heterocycles. The summed E-state index contributed by atoms with van der Waals surface area (Å²) in [5.74, 6) is 0.790. The van der Waals surface area contributed by atoms with Crippen molar-refractivity contribution < 1.29 is 0 Å². The first-order chi connectivity index (χ1) is 8.74. The van der Waals surface area contributed by atoms with E-state index in [9.17, 15) is 0 Å². The molecule has 1 atom stereocenters. The van der Waals surface area contributed by atoms with Crippen molar-refractivity contribution in [1.82, 2.24) is 25.1 Å². The van der Waals surface area contributed by atoms with Gasteiger partial charge in [0.25, 0.3) is 0 Å². The van der Waals surface area contributed by atoms with E-state index in [1.165, 1.54) is 0 Å². The number of aryl methyl sites for hydroxylation is 2. The van der Waals surface area contributed by atoms with Crippen LogP contribution in [0.1, 0.15) is 36.8 Å². The Labute approximate surface area is 107 Å². The molecule has 0 saturated carbocycles. The van der Waals surface area contributed by atoms with E-state index < -0.39 is 0 Å². The van der Waals surface area contributed by atoms with Gasteiger partial charge in [-0.1, -0.05) is 6.92 Å². The molecule has 1 unspecified atom stereocenters. The summed E-state index contributed by atoms with van der Waals surface area (Å²) in [6, 6.07) is 0.0101. The summed E-state index contributed by atoms with van der Waals surface area (Å²) in [5.41, 5.74) is 2.17. The Morgan fingerprint density at radius 2 is 1.94 bits per heavy atom. The lowest BCUT2D eigenvalue weighted by Crippen LogP contribution is -2.23. The molecule has 0 amide bonds. The summed E-state index contributed by atoms with van der Waals surface area (Å²) in [6.07, 6.45) is 7.60. The van der Waals surface area contributed by atoms with Crippen molar-refractivity contribution >= 4 is 0 Å². The van der Waals surface area contributed by atoms with Crippen LogP contribution in [0.3, 0.4) is 0 Å². The zero-order valence-electron chi connectivity index (χ0n) is 11.1. The molecule has 2 aromatic rings. The molecule has 0 aliphatic rings. The van der Waals surface area contributed by atoms with Gasteiger partial charge in [0, 0.05) is 30.7 Å². The zero-order valence-corrected chi connectivity index (χ0v) is 11.1. The molecular formula is C13H19N5. The van der Waals surface area contributed by atoms with Gasteiger partial charge in [0.15, 0.2) is 0 Å². The average Bonchev–Trinajstić information content (AvgIpc) is 2.86. The summed E-state index contributed by atoms with van der Waals surface area (Å²) < 4.78 is 1.91. The van der Waals surface area contributed by atoms with Crippen LogP contribution < -0.4 is 5.32 Å². The van der Waals surface area contributed by atoms with Gasteiger partial charge < -0.3 is 5.32 Å². The maximum absolute atomic E-state index is 4.40. The van der Waals surface area contributed by atoms with Gasteiger partial charge in [0.2, 0.25) is 0 Å². The summed E-state index contributed by atoms with van der Waals surface area (Å²) in [5, 5.41) is 7.70. The van der Waals surface area contributed by atoms with Gasteiger partial charge in [0.1, 0.15) is 5.82 Å². The van der Waals surface area contributed by atoms with Gasteiger partial charge in [-0.2, -0.15) is 5.10 Å². The Hall–Kier alpha value is -1.75. The van der Waals surface area contributed by atoms with Crippen LogP contribution in [-0.2, 0) is 6.54 Å². The van der Waals surface area contributed by atoms with Gasteiger partial charge in [-0.15, -0.1) is 0 Å². The van der Waals surface area contributed by atoms with Crippen molar-refractivity contribution in [3.05, 3.63) is 41.7 Å². The molecule has 0 aromatic carbocycles. The molecule has 0 fully saturated rings. The Morgan fingerprint density at radius 1 is 1.22 bits per heavy atom. The first-order valence-electron chi connectivity index (χ1n) is 6.28. The summed E-state index contributed by atoms with van der Waals surface area (Å²) in [6.45, 7) is 7.86. The fourth-order valence-corrected chi connectivity index (χ4v) is 1.82. The third-order valence-corrected chi connectivity index (χ3v) is 2.78. The molecular weight excluding hydrogens is 226 g/mol. The van der Waals surface area contributed by atoms with E-state index in [-0.39, 0.29) is 6.04 Å². The molecule has 0 aliphatic carbocycles. The third kappa shape index (κ3) is 2.73. The molecule has 2 rings (SSSR count). The molecule has 5 heteroatoms. The quantitative estimate of drug-likeness (QED) is 0.871. The molecule has 2 heterocycles. The van der Waals surface area contributed by atoms with Crippen LogP contribution in [0.2, 0.25) is 0 Å². The van der Waals surface area contributed by atoms with E-state index in [1.807, 2.05) is 36.4 Å². The Balaban J connectivity index is 2.29. The highest BCUT2D eigenvalue weighted by molar-refractivity contribution is 5.20. The van der Waals surface area contributed by atoms with Crippen molar-refractivity contribution in [2.24, 2.45) is 0 Å². The summed E-state index contributed by atoms with van der Waals surface area (Å²) >= 11 is 0. The lowest BCUT2D eigenvalue weighted by atomic mass is 10.1. The van der Waals surface area contributed by atoms with Crippen molar-refractivity contribution in [2.75, 3.05) is 6.54 Å². The minimum atomic E-state index is 0.0101. The normalized spacial score (nSPS) is 12.6. The second-order valence-corrected chi connectivity index (χ2v) is 4.24. The number of nitrogens with zero attached hydrogens (tertiary/aromatic N) is 4. The van der Waals surface area contributed by atoms with Crippen LogP contribution in [0.25, 0.3) is 0 Å². The Morgan fingerprint density at radius 3 is 2.50 bits per heavy atom. The fourth-order valence-electron chi connectivity index (χ4n) is 1.82. The fraction of sp³-hybridized carbons (Fsp3) is 0.462. The monoisotopic (exact) mass is 245 g/mol. The molecule has 18 heavy (non-hydrogen) atoms. The van der Waals surface area contributed by atoms with E-state index in [0.29, 0.717) is 0 Å². The van der Waals surface area contributed by atoms with Gasteiger partial charge in [-0.25, -0.2) is 9.97 Å². The second kappa shape index (κ2) is 5.73. The SMILES string of the molecule is CCNC(c1cnn(CC)c1)c1ncc(C)cn1. The zero-order chi connectivity index (χ0) is 13.0. The predicted octanol–water partition coefficient (Wildman–Crippen LogP) is 1.70. The van der Waals surface area contributed by atoms with Gasteiger partial charge in [0.05, 0.1) is 12.2 Å². The highest BCUT2D eigenvalue weighted by atomic mass is 15.3. The second-order valence-electron chi connectivity index (χ2n) is 4.24. The van der Waals surface area contributed by atoms with Crippen LogP contribution in [0.4, 0.5) is 0 Å². The van der Waals surface area contributed by atoms with Crippen molar-refractivity contribution in [3.63, 3.8) is 0 Å². The van der Waals surface area contributed by atoms with Crippen molar-refractivity contribution in [2.45, 2.75) is 33.4 Å². The minimum Gasteiger partial charge on any atom is -0.304 e. The molecule has 96 valence electrons. The number of hydrogen-bond donors (Lipinski definition) is 1. The molecule has 2 aromatic heterocycles. The first-order valence-corrected chi connectivity index (χ1v) is 6.28. The standard InChI is InChI=1S/C13H19N5/c1-4-14-12(11-8-17-18(5-2)9-11)13-15-6-10(3)7-16-13/h6-9,12,14H,4-5H2,1-3H3. The lowest BCUT2D eigenvalue weighted by Gasteiger charge is -2.14. The maximum atomic E-state index is 4.40. The van der Waals surface area contributed by atoms with Crippen LogP contribution in [-0.4, -0.2) is 26.3 Å². The van der Waals surface area contributed by atoms with E-state index in [0.717, 1.165) is 30.0 Å². The lowest BCUT2D eigenvalue weighted by molar-refractivity contribution is 0.594. The highest BCUT2D eigenvalue weighted by Crippen LogP contribution is 2.18. The van der Waals surface area contributed by atoms with E-state index in [2.05, 4.69) is 34.2 Å². The highest BCUT2D eigenvalue weighted by Gasteiger charge is 2.17. The Kier molecular flexibility index (Phi) is 4.04. The smallest absolute Gasteiger partial charge is 0.149 e. The van der Waals surface area contributed by atoms with Crippen molar-refractivity contribution in [1.29, 1.82) is 0 Å². The van der Waals surface area contributed by atoms with Crippen LogP contribution in [0, 0.1) is 6.92 Å². The Bertz CT molecular complexity index is 488. The van der Waals surface area contributed by atoms with Crippen LogP contribution in [0.5, 0.6) is 0 Å². The largest absolute Gasteiger partial charge is 0.304 e. The van der Waals surface area contributed by atoms with Crippen LogP contribution >= 0.6 is 0 Å². The van der Waals surface area contributed by atoms with Crippen LogP contribution in [0.15, 0.2) is 24.8 Å². The van der Waals surface area contributed by atoms with E-state index >= 15 is 0 Å². The topological polar surface area (TPSA) is 55.6 Å².